The van der Waals surface area contributed by atoms with E-state index in [2.05, 4.69) is 5.32 Å². The molecule has 6 nitrogen and oxygen atoms in total. The van der Waals surface area contributed by atoms with Crippen LogP contribution >= 0.6 is 0 Å². The van der Waals surface area contributed by atoms with E-state index in [1.54, 1.807) is 7.11 Å². The summed E-state index contributed by atoms with van der Waals surface area (Å²) in [4.78, 5) is 23.4. The summed E-state index contributed by atoms with van der Waals surface area (Å²) in [5.41, 5.74) is 0.853. The molecule has 0 aliphatic heterocycles. The summed E-state index contributed by atoms with van der Waals surface area (Å²) in [5, 5.41) is 12.0. The molecule has 1 amide bonds. The van der Waals surface area contributed by atoms with Crippen LogP contribution in [0.1, 0.15) is 44.1 Å². The van der Waals surface area contributed by atoms with Gasteiger partial charge in [0.05, 0.1) is 25.0 Å². The third-order valence-electron chi connectivity index (χ3n) is 5.25. The highest BCUT2D eigenvalue weighted by molar-refractivity contribution is 5.86. The third-order valence-corrected chi connectivity index (χ3v) is 5.25. The topological polar surface area (TPSA) is 84.9 Å². The lowest BCUT2D eigenvalue weighted by atomic mass is 9.73. The molecule has 0 aromatic heterocycles. The Hall–Kier alpha value is -2.24. The van der Waals surface area contributed by atoms with E-state index in [9.17, 15) is 9.59 Å². The molecule has 0 saturated heterocycles. The van der Waals surface area contributed by atoms with E-state index in [4.69, 9.17) is 14.6 Å². The molecule has 2 aliphatic carbocycles. The van der Waals surface area contributed by atoms with Gasteiger partial charge in [-0.2, -0.15) is 0 Å². The zero-order chi connectivity index (χ0) is 17.8. The molecule has 0 radical (unpaired) electrons. The number of hydrogen-bond donors (Lipinski definition) is 2. The third kappa shape index (κ3) is 3.89. The SMILES string of the molecule is COc1cccc(CNC(=O)C2CCC2C(=O)O)c1OC1CCCC1. The maximum Gasteiger partial charge on any atom is 0.307 e. The minimum Gasteiger partial charge on any atom is -0.493 e. The number of carbonyl (C=O) groups excluding carboxylic acids is 1. The molecule has 3 rings (SSSR count). The van der Waals surface area contributed by atoms with E-state index in [-0.39, 0.29) is 12.0 Å². The average Bonchev–Trinajstić information content (AvgIpc) is 3.05. The summed E-state index contributed by atoms with van der Waals surface area (Å²) in [6.07, 6.45) is 5.80. The van der Waals surface area contributed by atoms with Crippen LogP contribution in [0.2, 0.25) is 0 Å². The van der Waals surface area contributed by atoms with Gasteiger partial charge in [-0.3, -0.25) is 9.59 Å². The number of para-hydroxylation sites is 1. The van der Waals surface area contributed by atoms with Crippen LogP contribution in [0.5, 0.6) is 11.5 Å². The Morgan fingerprint density at radius 1 is 1.16 bits per heavy atom. The Kier molecular flexibility index (Phi) is 5.46. The zero-order valence-corrected chi connectivity index (χ0v) is 14.5. The molecule has 2 unspecified atom stereocenters. The molecule has 0 bridgehead atoms. The van der Waals surface area contributed by atoms with Gasteiger partial charge in [0.15, 0.2) is 11.5 Å². The standard InChI is InChI=1S/C19H25NO5/c1-24-16-8-4-5-12(17(16)25-13-6-2-3-7-13)11-20-18(21)14-9-10-15(14)19(22)23/h4-5,8,13-15H,2-3,6-7,9-11H2,1H3,(H,20,21)(H,22,23). The largest absolute Gasteiger partial charge is 0.493 e. The maximum absolute atomic E-state index is 12.3. The second-order valence-corrected chi connectivity index (χ2v) is 6.82. The first-order chi connectivity index (χ1) is 12.1. The van der Waals surface area contributed by atoms with Crippen LogP contribution in [-0.2, 0) is 16.1 Å². The number of amides is 1. The predicted molar refractivity (Wildman–Crippen MR) is 91.6 cm³/mol. The van der Waals surface area contributed by atoms with Crippen molar-refractivity contribution >= 4 is 11.9 Å². The molecule has 1 aromatic carbocycles. The first kappa shape index (κ1) is 17.6. The number of methoxy groups -OCH3 is 1. The zero-order valence-electron chi connectivity index (χ0n) is 14.5. The van der Waals surface area contributed by atoms with E-state index < -0.39 is 17.8 Å². The van der Waals surface area contributed by atoms with Crippen molar-refractivity contribution < 1.29 is 24.2 Å². The highest BCUT2D eigenvalue weighted by atomic mass is 16.5. The van der Waals surface area contributed by atoms with Crippen molar-refractivity contribution in [2.75, 3.05) is 7.11 Å². The molecule has 6 heteroatoms. The fraction of sp³-hybridized carbons (Fsp3) is 0.579. The number of benzene rings is 1. The summed E-state index contributed by atoms with van der Waals surface area (Å²) >= 11 is 0. The maximum atomic E-state index is 12.3. The summed E-state index contributed by atoms with van der Waals surface area (Å²) in [6.45, 7) is 0.306. The van der Waals surface area contributed by atoms with Crippen molar-refractivity contribution in [3.05, 3.63) is 23.8 Å². The molecule has 136 valence electrons. The predicted octanol–water partition coefficient (Wildman–Crippen LogP) is 2.74. The molecular weight excluding hydrogens is 322 g/mol. The molecule has 2 atom stereocenters. The fourth-order valence-electron chi connectivity index (χ4n) is 3.59. The van der Waals surface area contributed by atoms with Crippen LogP contribution in [0.3, 0.4) is 0 Å². The smallest absolute Gasteiger partial charge is 0.307 e. The number of rotatable bonds is 7. The van der Waals surface area contributed by atoms with Crippen LogP contribution in [-0.4, -0.2) is 30.2 Å². The Morgan fingerprint density at radius 3 is 2.48 bits per heavy atom. The molecule has 25 heavy (non-hydrogen) atoms. The number of aliphatic carboxylic acids is 1. The minimum atomic E-state index is -0.891. The summed E-state index contributed by atoms with van der Waals surface area (Å²) in [7, 11) is 1.60. The molecule has 1 aromatic rings. The number of hydrogen-bond acceptors (Lipinski definition) is 4. The van der Waals surface area contributed by atoms with E-state index in [1.165, 1.54) is 12.8 Å². The number of ether oxygens (including phenoxy) is 2. The van der Waals surface area contributed by atoms with Crippen LogP contribution in [0, 0.1) is 11.8 Å². The number of carboxylic acids is 1. The van der Waals surface area contributed by atoms with Crippen LogP contribution in [0.4, 0.5) is 0 Å². The van der Waals surface area contributed by atoms with Crippen molar-refractivity contribution in [2.45, 2.75) is 51.2 Å². The van der Waals surface area contributed by atoms with E-state index in [0.717, 1.165) is 18.4 Å². The van der Waals surface area contributed by atoms with Gasteiger partial charge < -0.3 is 19.9 Å². The van der Waals surface area contributed by atoms with Gasteiger partial charge in [-0.05, 0) is 44.6 Å². The molecule has 2 N–H and O–H groups in total. The van der Waals surface area contributed by atoms with Gasteiger partial charge in [0, 0.05) is 12.1 Å². The Balaban J connectivity index is 1.67. The lowest BCUT2D eigenvalue weighted by molar-refractivity contribution is -0.152. The molecule has 2 fully saturated rings. The van der Waals surface area contributed by atoms with Crippen molar-refractivity contribution in [1.82, 2.24) is 5.32 Å². The van der Waals surface area contributed by atoms with Crippen molar-refractivity contribution in [1.29, 1.82) is 0 Å². The lowest BCUT2D eigenvalue weighted by Gasteiger charge is -2.32. The van der Waals surface area contributed by atoms with E-state index in [0.29, 0.717) is 30.9 Å². The van der Waals surface area contributed by atoms with Gasteiger partial charge in [0.25, 0.3) is 0 Å². The fourth-order valence-corrected chi connectivity index (χ4v) is 3.59. The number of carboxylic acid groups (broad SMARTS) is 1. The van der Waals surface area contributed by atoms with Gasteiger partial charge in [-0.15, -0.1) is 0 Å². The second-order valence-electron chi connectivity index (χ2n) is 6.82. The highest BCUT2D eigenvalue weighted by Crippen LogP contribution is 2.36. The molecule has 2 aliphatic rings. The highest BCUT2D eigenvalue weighted by Gasteiger charge is 2.41. The van der Waals surface area contributed by atoms with E-state index in [1.807, 2.05) is 18.2 Å². The van der Waals surface area contributed by atoms with Gasteiger partial charge in [0.2, 0.25) is 5.91 Å². The normalized spacial score (nSPS) is 22.9. The van der Waals surface area contributed by atoms with Gasteiger partial charge in [0.1, 0.15) is 0 Å². The van der Waals surface area contributed by atoms with Crippen molar-refractivity contribution in [3.8, 4) is 11.5 Å². The molecule has 0 heterocycles. The molecule has 0 spiro atoms. The van der Waals surface area contributed by atoms with E-state index >= 15 is 0 Å². The van der Waals surface area contributed by atoms with Gasteiger partial charge >= 0.3 is 5.97 Å². The lowest BCUT2D eigenvalue weighted by Crippen LogP contribution is -2.43. The second kappa shape index (κ2) is 7.76. The summed E-state index contributed by atoms with van der Waals surface area (Å²) in [6, 6.07) is 5.62. The number of nitrogens with one attached hydrogen (secondary N) is 1. The Labute approximate surface area is 147 Å². The monoisotopic (exact) mass is 347 g/mol. The average molecular weight is 347 g/mol. The van der Waals surface area contributed by atoms with Crippen LogP contribution < -0.4 is 14.8 Å². The van der Waals surface area contributed by atoms with Crippen LogP contribution in [0.15, 0.2) is 18.2 Å². The van der Waals surface area contributed by atoms with Gasteiger partial charge in [-0.1, -0.05) is 12.1 Å². The first-order valence-corrected chi connectivity index (χ1v) is 8.93. The summed E-state index contributed by atoms with van der Waals surface area (Å²) in [5.74, 6) is -0.737. The van der Waals surface area contributed by atoms with Crippen molar-refractivity contribution in [2.24, 2.45) is 11.8 Å². The molecular formula is C19H25NO5. The first-order valence-electron chi connectivity index (χ1n) is 8.93. The van der Waals surface area contributed by atoms with Crippen LogP contribution in [0.25, 0.3) is 0 Å². The Morgan fingerprint density at radius 2 is 1.88 bits per heavy atom. The minimum absolute atomic E-state index is 0.189. The van der Waals surface area contributed by atoms with Crippen molar-refractivity contribution in [3.63, 3.8) is 0 Å². The quantitative estimate of drug-likeness (QED) is 0.792. The number of carbonyl (C=O) groups is 2. The summed E-state index contributed by atoms with van der Waals surface area (Å²) < 4.78 is 11.6. The Bertz CT molecular complexity index is 639. The van der Waals surface area contributed by atoms with Gasteiger partial charge in [-0.25, -0.2) is 0 Å². The molecule has 2 saturated carbocycles.